The van der Waals surface area contributed by atoms with Gasteiger partial charge in [-0.25, -0.2) is 0 Å². The van der Waals surface area contributed by atoms with Gasteiger partial charge in [0, 0.05) is 37.9 Å². The van der Waals surface area contributed by atoms with Gasteiger partial charge in [0.25, 0.3) is 0 Å². The Balaban J connectivity index is 1.57. The highest BCUT2D eigenvalue weighted by molar-refractivity contribution is 5.48. The molecule has 2 heteroatoms. The van der Waals surface area contributed by atoms with Crippen molar-refractivity contribution in [2.75, 3.05) is 31.1 Å². The normalized spacial score (nSPS) is 15.9. The first-order valence-corrected chi connectivity index (χ1v) is 9.42. The summed E-state index contributed by atoms with van der Waals surface area (Å²) in [5.74, 6) is 0. The van der Waals surface area contributed by atoms with Gasteiger partial charge in [0.2, 0.25) is 0 Å². The van der Waals surface area contributed by atoms with Gasteiger partial charge >= 0.3 is 0 Å². The molecule has 0 aliphatic carbocycles. The van der Waals surface area contributed by atoms with Crippen molar-refractivity contribution in [1.82, 2.24) is 4.90 Å². The lowest BCUT2D eigenvalue weighted by atomic mass is 10.0. The Hall–Kier alpha value is -1.80. The molecule has 128 valence electrons. The second-order valence-corrected chi connectivity index (χ2v) is 6.82. The molecule has 0 aromatic heterocycles. The Kier molecular flexibility index (Phi) is 5.92. The van der Waals surface area contributed by atoms with Gasteiger partial charge in [0.05, 0.1) is 0 Å². The maximum Gasteiger partial charge on any atom is 0.0367 e. The molecule has 0 amide bonds. The SMILES string of the molecule is CCC(CC)N1CCN(c2ccc(Cc3ccccc3)cc2)CC1. The highest BCUT2D eigenvalue weighted by Gasteiger charge is 2.21. The van der Waals surface area contributed by atoms with E-state index in [9.17, 15) is 0 Å². The first-order valence-electron chi connectivity index (χ1n) is 9.42. The number of piperazine rings is 1. The predicted molar refractivity (Wildman–Crippen MR) is 104 cm³/mol. The fraction of sp³-hybridized carbons (Fsp3) is 0.455. The van der Waals surface area contributed by atoms with E-state index in [0.717, 1.165) is 25.6 Å². The Morgan fingerprint density at radius 2 is 1.33 bits per heavy atom. The van der Waals surface area contributed by atoms with Crippen LogP contribution in [0.1, 0.15) is 37.8 Å². The van der Waals surface area contributed by atoms with Crippen molar-refractivity contribution in [1.29, 1.82) is 0 Å². The molecule has 1 saturated heterocycles. The lowest BCUT2D eigenvalue weighted by molar-refractivity contribution is 0.175. The minimum absolute atomic E-state index is 0.764. The summed E-state index contributed by atoms with van der Waals surface area (Å²) in [6.45, 7) is 9.30. The summed E-state index contributed by atoms with van der Waals surface area (Å²) in [6, 6.07) is 20.6. The predicted octanol–water partition coefficient (Wildman–Crippen LogP) is 4.59. The molecule has 3 rings (SSSR count). The van der Waals surface area contributed by atoms with E-state index in [-0.39, 0.29) is 0 Å². The van der Waals surface area contributed by atoms with Gasteiger partial charge in [-0.3, -0.25) is 4.90 Å². The Bertz CT molecular complexity index is 594. The van der Waals surface area contributed by atoms with E-state index in [2.05, 4.69) is 78.2 Å². The first kappa shape index (κ1) is 17.0. The largest absolute Gasteiger partial charge is 0.369 e. The van der Waals surface area contributed by atoms with Crippen LogP contribution in [-0.2, 0) is 6.42 Å². The number of nitrogens with zero attached hydrogens (tertiary/aromatic N) is 2. The van der Waals surface area contributed by atoms with E-state index < -0.39 is 0 Å². The summed E-state index contributed by atoms with van der Waals surface area (Å²) in [6.07, 6.45) is 3.55. The number of hydrogen-bond acceptors (Lipinski definition) is 2. The van der Waals surface area contributed by atoms with Crippen LogP contribution in [-0.4, -0.2) is 37.1 Å². The number of hydrogen-bond donors (Lipinski definition) is 0. The minimum Gasteiger partial charge on any atom is -0.369 e. The number of benzene rings is 2. The van der Waals surface area contributed by atoms with Crippen molar-refractivity contribution in [3.05, 3.63) is 65.7 Å². The van der Waals surface area contributed by atoms with E-state index in [1.165, 1.54) is 42.7 Å². The van der Waals surface area contributed by atoms with Crippen LogP contribution in [0.25, 0.3) is 0 Å². The Morgan fingerprint density at radius 3 is 1.92 bits per heavy atom. The summed E-state index contributed by atoms with van der Waals surface area (Å²) in [5.41, 5.74) is 4.14. The minimum atomic E-state index is 0.764. The van der Waals surface area contributed by atoms with E-state index in [0.29, 0.717) is 0 Å². The monoisotopic (exact) mass is 322 g/mol. The topological polar surface area (TPSA) is 6.48 Å². The van der Waals surface area contributed by atoms with Gasteiger partial charge in [0.1, 0.15) is 0 Å². The third kappa shape index (κ3) is 4.18. The molecule has 1 aliphatic rings. The van der Waals surface area contributed by atoms with Crippen LogP contribution in [0.3, 0.4) is 0 Å². The van der Waals surface area contributed by atoms with Crippen LogP contribution in [0.2, 0.25) is 0 Å². The van der Waals surface area contributed by atoms with Gasteiger partial charge in [-0.2, -0.15) is 0 Å². The van der Waals surface area contributed by atoms with Crippen LogP contribution in [0.15, 0.2) is 54.6 Å². The highest BCUT2D eigenvalue weighted by Crippen LogP contribution is 2.20. The van der Waals surface area contributed by atoms with Crippen LogP contribution >= 0.6 is 0 Å². The third-order valence-corrected chi connectivity index (χ3v) is 5.33. The quantitative estimate of drug-likeness (QED) is 0.767. The molecular formula is C22H30N2. The zero-order chi connectivity index (χ0) is 16.8. The zero-order valence-electron chi connectivity index (χ0n) is 15.1. The standard InChI is InChI=1S/C22H30N2/c1-3-21(4-2)23-14-16-24(17-15-23)22-12-10-20(11-13-22)18-19-8-6-5-7-9-19/h5-13,21H,3-4,14-18H2,1-2H3. The van der Waals surface area contributed by atoms with Gasteiger partial charge in [0.15, 0.2) is 0 Å². The molecule has 1 heterocycles. The maximum atomic E-state index is 2.67. The van der Waals surface area contributed by atoms with Gasteiger partial charge < -0.3 is 4.90 Å². The molecule has 2 aromatic rings. The molecule has 2 aromatic carbocycles. The average Bonchev–Trinajstić information content (AvgIpc) is 2.65. The van der Waals surface area contributed by atoms with Crippen molar-refractivity contribution in [2.24, 2.45) is 0 Å². The molecule has 0 saturated carbocycles. The van der Waals surface area contributed by atoms with Crippen molar-refractivity contribution in [3.63, 3.8) is 0 Å². The molecule has 0 bridgehead atoms. The molecule has 24 heavy (non-hydrogen) atoms. The smallest absolute Gasteiger partial charge is 0.0367 e. The maximum absolute atomic E-state index is 2.67. The van der Waals surface area contributed by atoms with Gasteiger partial charge in [-0.05, 0) is 42.5 Å². The second kappa shape index (κ2) is 8.34. The average molecular weight is 322 g/mol. The van der Waals surface area contributed by atoms with Crippen molar-refractivity contribution in [3.8, 4) is 0 Å². The van der Waals surface area contributed by atoms with Gasteiger partial charge in [-0.1, -0.05) is 56.3 Å². The first-order chi connectivity index (χ1) is 11.8. The molecule has 1 aliphatic heterocycles. The van der Waals surface area contributed by atoms with Crippen LogP contribution in [0.5, 0.6) is 0 Å². The van der Waals surface area contributed by atoms with Crippen molar-refractivity contribution < 1.29 is 0 Å². The third-order valence-electron chi connectivity index (χ3n) is 5.33. The molecular weight excluding hydrogens is 292 g/mol. The molecule has 0 atom stereocenters. The summed E-state index contributed by atoms with van der Waals surface area (Å²) in [4.78, 5) is 5.20. The van der Waals surface area contributed by atoms with Crippen LogP contribution < -0.4 is 4.90 Å². The molecule has 2 nitrogen and oxygen atoms in total. The van der Waals surface area contributed by atoms with Crippen LogP contribution in [0, 0.1) is 0 Å². The molecule has 0 radical (unpaired) electrons. The Morgan fingerprint density at radius 1 is 0.750 bits per heavy atom. The fourth-order valence-electron chi connectivity index (χ4n) is 3.81. The van der Waals surface area contributed by atoms with E-state index in [1.54, 1.807) is 0 Å². The molecule has 0 unspecified atom stereocenters. The Labute approximate surface area is 147 Å². The molecule has 1 fully saturated rings. The molecule has 0 spiro atoms. The van der Waals surface area contributed by atoms with E-state index in [1.807, 2.05) is 0 Å². The van der Waals surface area contributed by atoms with Crippen molar-refractivity contribution in [2.45, 2.75) is 39.2 Å². The summed E-state index contributed by atoms with van der Waals surface area (Å²) in [5, 5.41) is 0. The van der Waals surface area contributed by atoms with Crippen molar-refractivity contribution >= 4 is 5.69 Å². The second-order valence-electron chi connectivity index (χ2n) is 6.82. The fourth-order valence-corrected chi connectivity index (χ4v) is 3.81. The van der Waals surface area contributed by atoms with Crippen LogP contribution in [0.4, 0.5) is 5.69 Å². The number of rotatable bonds is 6. The summed E-state index contributed by atoms with van der Waals surface area (Å²) < 4.78 is 0. The van der Waals surface area contributed by atoms with E-state index >= 15 is 0 Å². The van der Waals surface area contributed by atoms with Gasteiger partial charge in [-0.15, -0.1) is 0 Å². The lowest BCUT2D eigenvalue weighted by Gasteiger charge is -2.39. The zero-order valence-corrected chi connectivity index (χ0v) is 15.1. The number of anilines is 1. The van der Waals surface area contributed by atoms with E-state index in [4.69, 9.17) is 0 Å². The summed E-state index contributed by atoms with van der Waals surface area (Å²) >= 11 is 0. The molecule has 0 N–H and O–H groups in total. The lowest BCUT2D eigenvalue weighted by Crippen LogP contribution is -2.50. The highest BCUT2D eigenvalue weighted by atomic mass is 15.3. The summed E-state index contributed by atoms with van der Waals surface area (Å²) in [7, 11) is 0.